The molecule has 1 atom stereocenters. The third-order valence-electron chi connectivity index (χ3n) is 6.36. The number of methoxy groups -OCH3 is 1. The van der Waals surface area contributed by atoms with E-state index in [9.17, 15) is 19.7 Å². The highest BCUT2D eigenvalue weighted by molar-refractivity contribution is 5.98. The van der Waals surface area contributed by atoms with Gasteiger partial charge in [-0.1, -0.05) is 38.1 Å². The summed E-state index contributed by atoms with van der Waals surface area (Å²) in [6.07, 6.45) is 2.36. The predicted octanol–water partition coefficient (Wildman–Crippen LogP) is 4.72. The van der Waals surface area contributed by atoms with E-state index in [4.69, 9.17) is 4.74 Å². The fourth-order valence-corrected chi connectivity index (χ4v) is 4.37. The molecule has 1 saturated heterocycles. The molecule has 0 aliphatic carbocycles. The van der Waals surface area contributed by atoms with Crippen LogP contribution in [0, 0.1) is 22.0 Å². The number of Topliss-reactive ketones (excluding diaryl/α,β-unsaturated/α-hetero) is 1. The van der Waals surface area contributed by atoms with Gasteiger partial charge in [0, 0.05) is 23.6 Å². The molecule has 1 heterocycles. The lowest BCUT2D eigenvalue weighted by atomic mass is 9.88. The molecule has 0 radical (unpaired) electrons. The molecule has 8 heteroatoms. The third-order valence-corrected chi connectivity index (χ3v) is 6.36. The summed E-state index contributed by atoms with van der Waals surface area (Å²) in [4.78, 5) is 38.4. The Morgan fingerprint density at radius 3 is 2.32 bits per heavy atom. The van der Waals surface area contributed by atoms with E-state index >= 15 is 0 Å². The van der Waals surface area contributed by atoms with Gasteiger partial charge in [-0.3, -0.25) is 24.6 Å². The molecule has 3 rings (SSSR count). The Morgan fingerprint density at radius 2 is 1.76 bits per heavy atom. The van der Waals surface area contributed by atoms with Gasteiger partial charge in [-0.15, -0.1) is 0 Å². The van der Waals surface area contributed by atoms with Gasteiger partial charge < -0.3 is 10.1 Å². The first kappa shape index (κ1) is 25.4. The lowest BCUT2D eigenvalue weighted by Gasteiger charge is -2.34. The number of carbonyl (C=O) groups is 2. The molecule has 0 saturated carbocycles. The fourth-order valence-electron chi connectivity index (χ4n) is 4.37. The van der Waals surface area contributed by atoms with Crippen LogP contribution in [0.3, 0.4) is 0 Å². The molecule has 2 aromatic carbocycles. The summed E-state index contributed by atoms with van der Waals surface area (Å²) in [5, 5.41) is 13.8. The quantitative estimate of drug-likeness (QED) is 0.325. The predicted molar refractivity (Wildman–Crippen MR) is 131 cm³/mol. The first-order chi connectivity index (χ1) is 16.2. The van der Waals surface area contributed by atoms with E-state index in [0.29, 0.717) is 37.6 Å². The van der Waals surface area contributed by atoms with E-state index in [1.807, 2.05) is 29.2 Å². The first-order valence-electron chi connectivity index (χ1n) is 11.7. The highest BCUT2D eigenvalue weighted by Crippen LogP contribution is 2.30. The van der Waals surface area contributed by atoms with Crippen molar-refractivity contribution in [3.8, 4) is 5.75 Å². The highest BCUT2D eigenvalue weighted by Gasteiger charge is 2.30. The Morgan fingerprint density at radius 1 is 1.12 bits per heavy atom. The van der Waals surface area contributed by atoms with Crippen LogP contribution in [-0.4, -0.2) is 47.8 Å². The minimum absolute atomic E-state index is 0.0562. The SMILES string of the molecule is COc1ccc([N+](=O)[O-])cc1NC(=O)C(C)N1CCC(C(=O)c2ccc(CC(C)C)cc2)CC1. The number of nitrogens with zero attached hydrogens (tertiary/aromatic N) is 2. The number of hydrogen-bond acceptors (Lipinski definition) is 6. The minimum atomic E-state index is -0.516. The zero-order chi connectivity index (χ0) is 24.8. The molecule has 8 nitrogen and oxygen atoms in total. The van der Waals surface area contributed by atoms with Crippen LogP contribution in [0.4, 0.5) is 11.4 Å². The maximum atomic E-state index is 13.0. The van der Waals surface area contributed by atoms with Gasteiger partial charge in [0.25, 0.3) is 5.69 Å². The molecular weight excluding hydrogens is 434 g/mol. The summed E-state index contributed by atoms with van der Waals surface area (Å²) >= 11 is 0. The van der Waals surface area contributed by atoms with Gasteiger partial charge in [0.2, 0.25) is 5.91 Å². The standard InChI is InChI=1S/C26H33N3O5/c1-17(2)15-19-5-7-20(8-6-19)25(30)21-11-13-28(14-12-21)18(3)26(31)27-23-16-22(29(32)33)9-10-24(23)34-4/h5-10,16-18,21H,11-15H2,1-4H3,(H,27,31). The molecule has 1 unspecified atom stereocenters. The number of hydrogen-bond donors (Lipinski definition) is 1. The number of rotatable bonds is 9. The van der Waals surface area contributed by atoms with Crippen molar-refractivity contribution in [1.82, 2.24) is 4.90 Å². The molecule has 1 amide bonds. The third kappa shape index (κ3) is 6.20. The number of ether oxygens (including phenoxy) is 1. The Labute approximate surface area is 200 Å². The van der Waals surface area contributed by atoms with Crippen LogP contribution in [0.1, 0.15) is 49.5 Å². The molecule has 0 aromatic heterocycles. The van der Waals surface area contributed by atoms with Crippen molar-refractivity contribution in [2.75, 3.05) is 25.5 Å². The Balaban J connectivity index is 1.57. The second-order valence-electron chi connectivity index (χ2n) is 9.28. The van der Waals surface area contributed by atoms with Gasteiger partial charge in [-0.25, -0.2) is 0 Å². The van der Waals surface area contributed by atoms with Crippen LogP contribution in [0.15, 0.2) is 42.5 Å². The number of nitro groups is 1. The minimum Gasteiger partial charge on any atom is -0.495 e. The van der Waals surface area contributed by atoms with Crippen LogP contribution in [0.2, 0.25) is 0 Å². The molecule has 1 fully saturated rings. The first-order valence-corrected chi connectivity index (χ1v) is 11.7. The lowest BCUT2D eigenvalue weighted by molar-refractivity contribution is -0.384. The molecule has 1 aliphatic rings. The number of nitro benzene ring substituents is 1. The van der Waals surface area contributed by atoms with E-state index in [1.54, 1.807) is 6.92 Å². The van der Waals surface area contributed by atoms with Gasteiger partial charge in [-0.05, 0) is 56.8 Å². The summed E-state index contributed by atoms with van der Waals surface area (Å²) in [6, 6.07) is 11.6. The maximum Gasteiger partial charge on any atom is 0.271 e. The van der Waals surface area contributed by atoms with Gasteiger partial charge in [0.05, 0.1) is 23.8 Å². The molecule has 0 bridgehead atoms. The van der Waals surface area contributed by atoms with Gasteiger partial charge in [0.15, 0.2) is 5.78 Å². The van der Waals surface area contributed by atoms with Crippen LogP contribution in [0.25, 0.3) is 0 Å². The Kier molecular flexibility index (Phi) is 8.39. The van der Waals surface area contributed by atoms with Crippen molar-refractivity contribution in [2.45, 2.75) is 46.1 Å². The van der Waals surface area contributed by atoms with E-state index in [0.717, 1.165) is 12.0 Å². The largest absolute Gasteiger partial charge is 0.495 e. The number of nitrogens with one attached hydrogen (secondary N) is 1. The maximum absolute atomic E-state index is 13.0. The normalized spacial score (nSPS) is 15.7. The number of benzene rings is 2. The number of amides is 1. The zero-order valence-electron chi connectivity index (χ0n) is 20.2. The number of piperidine rings is 1. The van der Waals surface area contributed by atoms with Crippen molar-refractivity contribution in [2.24, 2.45) is 11.8 Å². The summed E-state index contributed by atoms with van der Waals surface area (Å²) < 4.78 is 5.23. The summed E-state index contributed by atoms with van der Waals surface area (Å²) in [5.41, 5.74) is 2.12. The highest BCUT2D eigenvalue weighted by atomic mass is 16.6. The van der Waals surface area contributed by atoms with Gasteiger partial charge in [-0.2, -0.15) is 0 Å². The van der Waals surface area contributed by atoms with Gasteiger partial charge >= 0.3 is 0 Å². The van der Waals surface area contributed by atoms with E-state index in [2.05, 4.69) is 19.2 Å². The zero-order valence-corrected chi connectivity index (χ0v) is 20.2. The number of likely N-dealkylation sites (tertiary alicyclic amines) is 1. The molecule has 0 spiro atoms. The summed E-state index contributed by atoms with van der Waals surface area (Å²) in [7, 11) is 1.44. The lowest BCUT2D eigenvalue weighted by Crippen LogP contribution is -2.47. The van der Waals surface area contributed by atoms with Crippen molar-refractivity contribution < 1.29 is 19.2 Å². The molecule has 34 heavy (non-hydrogen) atoms. The van der Waals surface area contributed by atoms with E-state index in [1.165, 1.54) is 30.9 Å². The van der Waals surface area contributed by atoms with Gasteiger partial charge in [0.1, 0.15) is 5.75 Å². The molecule has 182 valence electrons. The smallest absolute Gasteiger partial charge is 0.271 e. The Bertz CT molecular complexity index is 1030. The van der Waals surface area contributed by atoms with E-state index in [-0.39, 0.29) is 29.0 Å². The van der Waals surface area contributed by atoms with Crippen molar-refractivity contribution in [3.05, 3.63) is 63.7 Å². The fraction of sp³-hybridized carbons (Fsp3) is 0.462. The molecule has 1 N–H and O–H groups in total. The second-order valence-corrected chi connectivity index (χ2v) is 9.28. The van der Waals surface area contributed by atoms with Crippen molar-refractivity contribution in [1.29, 1.82) is 0 Å². The molecule has 1 aliphatic heterocycles. The van der Waals surface area contributed by atoms with E-state index < -0.39 is 11.0 Å². The topological polar surface area (TPSA) is 102 Å². The number of carbonyl (C=O) groups excluding carboxylic acids is 2. The number of ketones is 1. The van der Waals surface area contributed by atoms with Crippen molar-refractivity contribution >= 4 is 23.1 Å². The Hall–Kier alpha value is -3.26. The molecular formula is C26H33N3O5. The second kappa shape index (κ2) is 11.2. The van der Waals surface area contributed by atoms with Crippen LogP contribution < -0.4 is 10.1 Å². The van der Waals surface area contributed by atoms with Crippen LogP contribution in [-0.2, 0) is 11.2 Å². The average Bonchev–Trinajstić information content (AvgIpc) is 2.83. The van der Waals surface area contributed by atoms with Crippen LogP contribution >= 0.6 is 0 Å². The van der Waals surface area contributed by atoms with Crippen LogP contribution in [0.5, 0.6) is 5.75 Å². The summed E-state index contributed by atoms with van der Waals surface area (Å²) in [6.45, 7) is 7.41. The number of non-ortho nitro benzene ring substituents is 1. The monoisotopic (exact) mass is 467 g/mol. The average molecular weight is 468 g/mol. The summed E-state index contributed by atoms with van der Waals surface area (Å²) in [5.74, 6) is 0.760. The number of anilines is 1. The van der Waals surface area contributed by atoms with Crippen molar-refractivity contribution in [3.63, 3.8) is 0 Å². The molecule has 2 aromatic rings.